The van der Waals surface area contributed by atoms with Gasteiger partial charge in [-0.25, -0.2) is 37.5 Å². The van der Waals surface area contributed by atoms with Gasteiger partial charge in [0.25, 0.3) is 35.7 Å². The Labute approximate surface area is 639 Å². The Balaban J connectivity index is 0.000000131. The predicted molar refractivity (Wildman–Crippen MR) is 401 cm³/mol. The number of hydrogen-bond donors (Lipinski definition) is 4. The summed E-state index contributed by atoms with van der Waals surface area (Å²) in [6.45, 7) is 7.31. The molecule has 0 saturated heterocycles. The molecule has 0 radical (unpaired) electrons. The lowest BCUT2D eigenvalue weighted by Crippen LogP contribution is -2.20. The maximum atomic E-state index is 13.7. The molecule has 29 heteroatoms. The molecule has 8 aromatic carbocycles. The zero-order valence-corrected chi connectivity index (χ0v) is 60.2. The SMILES string of the molecule is Cc1cc2c(cc1-c1ccc(NC(=O)c3c(F)cccc3F)nc1)CC(F)(F)O2.Cc1cc2c(cc1-c1cnc(NC(=O)c3ccccc3Cl)cn1)CC(F)(F)O2.Cc1cc2oc(F)cc2cc1-c1ccc(NC(=O)c2c(F)cccc2F)nc1.Cc1cc2oc(F)cc2cc1-c1ccc(NC(=O)c2ccccc2Cl)nc1. The van der Waals surface area contributed by atoms with Crippen LogP contribution >= 0.6 is 23.2 Å². The van der Waals surface area contributed by atoms with Crippen molar-refractivity contribution in [3.05, 3.63) is 314 Å². The van der Waals surface area contributed by atoms with Crippen LogP contribution < -0.4 is 30.7 Å². The Morgan fingerprint density at radius 2 is 0.732 bits per heavy atom. The monoisotopic (exact) mass is 1570 g/mol. The van der Waals surface area contributed by atoms with Crippen molar-refractivity contribution in [1.82, 2.24) is 24.9 Å². The van der Waals surface area contributed by atoms with E-state index in [0.29, 0.717) is 88.0 Å². The quantitative estimate of drug-likeness (QED) is 0.0836. The molecule has 4 amide bonds. The molecule has 0 atom stereocenters. The predicted octanol–water partition coefficient (Wildman–Crippen LogP) is 21.3. The van der Waals surface area contributed by atoms with Crippen molar-refractivity contribution in [2.24, 2.45) is 0 Å². The average molecular weight is 1570 g/mol. The number of carbonyl (C=O) groups is 4. The van der Waals surface area contributed by atoms with Crippen molar-refractivity contribution in [2.45, 2.75) is 52.8 Å². The smallest absolute Gasteiger partial charge is 0.402 e. The van der Waals surface area contributed by atoms with E-state index in [4.69, 9.17) is 32.0 Å². The number of ether oxygens (including phenoxy) is 2. The molecular formula is C83H55Cl2F10N9O8. The zero-order chi connectivity index (χ0) is 79.4. The van der Waals surface area contributed by atoms with Crippen molar-refractivity contribution in [2.75, 3.05) is 21.3 Å². The summed E-state index contributed by atoms with van der Waals surface area (Å²) in [6.07, 6.45) is 0.0988. The zero-order valence-electron chi connectivity index (χ0n) is 58.7. The van der Waals surface area contributed by atoms with Crippen LogP contribution in [0.4, 0.5) is 67.2 Å². The van der Waals surface area contributed by atoms with Crippen LogP contribution in [0.5, 0.6) is 11.5 Å². The number of benzene rings is 8. The van der Waals surface area contributed by atoms with Gasteiger partial charge in [-0.2, -0.15) is 26.3 Å². The van der Waals surface area contributed by atoms with E-state index in [-0.39, 0.29) is 34.9 Å². The van der Waals surface area contributed by atoms with E-state index in [2.05, 4.69) is 55.7 Å². The van der Waals surface area contributed by atoms with E-state index in [1.54, 1.807) is 129 Å². The third kappa shape index (κ3) is 17.6. The first-order valence-electron chi connectivity index (χ1n) is 33.6. The fourth-order valence-electron chi connectivity index (χ4n) is 12.1. The van der Waals surface area contributed by atoms with Crippen molar-refractivity contribution >= 4 is 92.0 Å². The summed E-state index contributed by atoms with van der Waals surface area (Å²) in [7, 11) is 0. The molecular weight excluding hydrogens is 1510 g/mol. The van der Waals surface area contributed by atoms with Gasteiger partial charge in [0, 0.05) is 74.9 Å². The molecule has 14 aromatic rings. The molecule has 4 N–H and O–H groups in total. The number of alkyl halides is 4. The maximum absolute atomic E-state index is 13.7. The highest BCUT2D eigenvalue weighted by atomic mass is 35.5. The molecule has 6 aromatic heterocycles. The Morgan fingerprint density at radius 1 is 0.375 bits per heavy atom. The number of amides is 4. The summed E-state index contributed by atoms with van der Waals surface area (Å²) in [5.41, 5.74) is 10.2. The standard InChI is InChI=1S/C21H14ClFN2O2.C21H14F4N2O2.C21H13F3N2O2.C20H14ClF2N3O2/c1-12-8-18-14(10-19(23)27-18)9-16(12)13-6-7-20(24-11-13)25-21(26)15-4-2-3-5-17(15)22;1-11-7-17-13(9-21(24,25)29-17)8-14(11)12-5-6-18(26-10-12)27-20(28)19-15(22)3-2-4-16(19)23;1-11-7-17-13(9-18(24)28-17)8-14(11)12-5-6-19(25-10-12)26-21(27)20-15(22)3-2-4-16(20)23;1-11-6-17-12(8-20(22,23)28-17)7-14(11)16-9-25-18(10-24-16)26-19(27)13-4-2-3-5-15(13)21/h2-11H,1H3,(H,24,25,26);2-8,10H,9H2,1H3,(H,26,27,28);2-10H,1H3,(H,25,26,27);2-7,9-10H,8H2,1H3,(H,25,26,27). The molecule has 0 fully saturated rings. The summed E-state index contributed by atoms with van der Waals surface area (Å²) in [5, 5.41) is 12.1. The number of furan rings is 2. The van der Waals surface area contributed by atoms with Gasteiger partial charge in [-0.1, -0.05) is 59.6 Å². The summed E-state index contributed by atoms with van der Waals surface area (Å²) in [5.74, 6) is -5.25. The Kier molecular flexibility index (Phi) is 22.1. The molecule has 8 heterocycles. The van der Waals surface area contributed by atoms with Gasteiger partial charge in [0.05, 0.1) is 52.1 Å². The number of halogens is 12. The molecule has 564 valence electrons. The molecule has 17 nitrogen and oxygen atoms in total. The molecule has 0 aliphatic carbocycles. The molecule has 0 spiro atoms. The molecule has 112 heavy (non-hydrogen) atoms. The van der Waals surface area contributed by atoms with E-state index >= 15 is 0 Å². The number of fused-ring (bicyclic) bond motifs is 4. The number of nitrogens with zero attached hydrogens (tertiary/aromatic N) is 5. The van der Waals surface area contributed by atoms with E-state index in [1.807, 2.05) is 26.0 Å². The van der Waals surface area contributed by atoms with Crippen LogP contribution in [0.15, 0.2) is 222 Å². The topological polar surface area (TPSA) is 226 Å². The molecule has 0 unspecified atom stereocenters. The number of pyridine rings is 3. The van der Waals surface area contributed by atoms with Crippen LogP contribution in [0.3, 0.4) is 0 Å². The molecule has 16 rings (SSSR count). The first kappa shape index (κ1) is 76.9. The fraction of sp³-hybridized carbons (Fsp3) is 0.0964. The minimum Gasteiger partial charge on any atom is -0.432 e. The minimum atomic E-state index is -3.22. The second-order valence-electron chi connectivity index (χ2n) is 25.4. The Hall–Kier alpha value is -13.3. The van der Waals surface area contributed by atoms with Gasteiger partial charge in [0.15, 0.2) is 5.82 Å². The molecule has 2 aliphatic heterocycles. The van der Waals surface area contributed by atoms with Gasteiger partial charge in [-0.3, -0.25) is 24.2 Å². The average Bonchev–Trinajstić information content (AvgIpc) is 1.41. The number of carbonyl (C=O) groups excluding carboxylic acids is 4. The minimum absolute atomic E-state index is 0.0927. The first-order valence-corrected chi connectivity index (χ1v) is 34.4. The van der Waals surface area contributed by atoms with Crippen molar-refractivity contribution < 1.29 is 81.4 Å². The summed E-state index contributed by atoms with van der Waals surface area (Å²) >= 11 is 12.1. The number of anilines is 4. The van der Waals surface area contributed by atoms with Crippen LogP contribution in [-0.2, 0) is 12.8 Å². The van der Waals surface area contributed by atoms with Crippen molar-refractivity contribution in [3.63, 3.8) is 0 Å². The number of aryl methyl sites for hydroxylation is 4. The number of aromatic nitrogens is 5. The largest absolute Gasteiger partial charge is 0.432 e. The van der Waals surface area contributed by atoms with E-state index in [1.165, 1.54) is 55.1 Å². The highest BCUT2D eigenvalue weighted by Gasteiger charge is 2.41. The summed E-state index contributed by atoms with van der Waals surface area (Å²) in [4.78, 5) is 69.9. The lowest BCUT2D eigenvalue weighted by molar-refractivity contribution is -0.160. The lowest BCUT2D eigenvalue weighted by Gasteiger charge is -2.10. The maximum Gasteiger partial charge on any atom is 0.402 e. The molecule has 0 saturated carbocycles. The highest BCUT2D eigenvalue weighted by molar-refractivity contribution is 6.35. The Morgan fingerprint density at radius 3 is 1.12 bits per heavy atom. The van der Waals surface area contributed by atoms with Crippen LogP contribution in [0, 0.1) is 63.0 Å². The lowest BCUT2D eigenvalue weighted by atomic mass is 9.98. The molecule has 0 bridgehead atoms. The normalized spacial score (nSPS) is 12.6. The van der Waals surface area contributed by atoms with Gasteiger partial charge in [0.1, 0.15) is 74.5 Å². The highest BCUT2D eigenvalue weighted by Crippen LogP contribution is 2.43. The second-order valence-corrected chi connectivity index (χ2v) is 26.3. The van der Waals surface area contributed by atoms with Gasteiger partial charge in [-0.15, -0.1) is 0 Å². The van der Waals surface area contributed by atoms with E-state index in [9.17, 15) is 63.1 Å². The van der Waals surface area contributed by atoms with Crippen LogP contribution in [0.1, 0.15) is 74.8 Å². The first-order chi connectivity index (χ1) is 53.5. The van der Waals surface area contributed by atoms with E-state index in [0.717, 1.165) is 69.3 Å². The van der Waals surface area contributed by atoms with Gasteiger partial charge in [0.2, 0.25) is 0 Å². The van der Waals surface area contributed by atoms with Crippen LogP contribution in [-0.4, -0.2) is 60.8 Å². The summed E-state index contributed by atoms with van der Waals surface area (Å²) in [6, 6.07) is 44.6. The molecule has 2 aliphatic rings. The third-order valence-electron chi connectivity index (χ3n) is 17.5. The van der Waals surface area contributed by atoms with Gasteiger partial charge < -0.3 is 39.6 Å². The van der Waals surface area contributed by atoms with Crippen LogP contribution in [0.2, 0.25) is 10.0 Å². The third-order valence-corrected chi connectivity index (χ3v) is 18.2. The Bertz CT molecular complexity index is 5960. The van der Waals surface area contributed by atoms with Crippen LogP contribution in [0.25, 0.3) is 66.6 Å². The van der Waals surface area contributed by atoms with Gasteiger partial charge >= 0.3 is 12.2 Å². The second kappa shape index (κ2) is 32.1. The van der Waals surface area contributed by atoms with Gasteiger partial charge in [-0.05, 0) is 200 Å². The van der Waals surface area contributed by atoms with Crippen molar-refractivity contribution in [1.29, 1.82) is 0 Å². The fourth-order valence-corrected chi connectivity index (χ4v) is 12.6. The number of hydrogen-bond acceptors (Lipinski definition) is 13. The summed E-state index contributed by atoms with van der Waals surface area (Å²) < 4.78 is 154. The number of nitrogens with one attached hydrogen (secondary N) is 4. The van der Waals surface area contributed by atoms with Crippen molar-refractivity contribution in [3.8, 4) is 56.1 Å². The van der Waals surface area contributed by atoms with E-state index < -0.39 is 89.2 Å². The number of rotatable bonds is 12.